The smallest absolute Gasteiger partial charge is 0.283 e. The second-order valence-electron chi connectivity index (χ2n) is 7.80. The summed E-state index contributed by atoms with van der Waals surface area (Å²) in [4.78, 5) is 39.6. The molecule has 0 bridgehead atoms. The van der Waals surface area contributed by atoms with E-state index in [9.17, 15) is 14.4 Å². The lowest BCUT2D eigenvalue weighted by Crippen LogP contribution is -2.32. The number of hydrogen-bond donors (Lipinski definition) is 2. The van der Waals surface area contributed by atoms with Crippen molar-refractivity contribution in [2.75, 3.05) is 15.5 Å². The van der Waals surface area contributed by atoms with Crippen molar-refractivity contribution in [3.63, 3.8) is 0 Å². The first-order chi connectivity index (χ1) is 16.9. The second kappa shape index (κ2) is 9.25. The van der Waals surface area contributed by atoms with E-state index in [1.807, 2.05) is 42.5 Å². The third-order valence-electron chi connectivity index (χ3n) is 5.54. The summed E-state index contributed by atoms with van der Waals surface area (Å²) >= 11 is 12.1. The maximum absolute atomic E-state index is 13.0. The SMILES string of the molecule is O=C(Nc1cccc2ccccc12)c1cccc(NC2=C(Cl)C(=O)N(c3ccc(Cl)cc3)C2=O)c1. The number of fused-ring (bicyclic) bond motifs is 1. The highest BCUT2D eigenvalue weighted by atomic mass is 35.5. The Balaban J connectivity index is 1.37. The van der Waals surface area contributed by atoms with Crippen LogP contribution in [0, 0.1) is 0 Å². The van der Waals surface area contributed by atoms with Crippen LogP contribution in [-0.2, 0) is 9.59 Å². The van der Waals surface area contributed by atoms with Crippen molar-refractivity contribution >= 4 is 68.8 Å². The minimum absolute atomic E-state index is 0.0711. The number of carbonyl (C=O) groups is 3. The van der Waals surface area contributed by atoms with Crippen LogP contribution >= 0.6 is 23.2 Å². The van der Waals surface area contributed by atoms with Gasteiger partial charge in [-0.15, -0.1) is 0 Å². The third-order valence-corrected chi connectivity index (χ3v) is 6.15. The number of carbonyl (C=O) groups excluding carboxylic acids is 3. The number of nitrogens with zero attached hydrogens (tertiary/aromatic N) is 1. The lowest BCUT2D eigenvalue weighted by atomic mass is 10.1. The van der Waals surface area contributed by atoms with Gasteiger partial charge in [0, 0.05) is 27.3 Å². The Morgan fingerprint density at radius 3 is 2.29 bits per heavy atom. The van der Waals surface area contributed by atoms with E-state index in [0.717, 1.165) is 15.7 Å². The first-order valence-electron chi connectivity index (χ1n) is 10.6. The van der Waals surface area contributed by atoms with Crippen LogP contribution in [-0.4, -0.2) is 17.7 Å². The van der Waals surface area contributed by atoms with Crippen molar-refractivity contribution in [1.29, 1.82) is 0 Å². The molecular weight excluding hydrogens is 485 g/mol. The highest BCUT2D eigenvalue weighted by molar-refractivity contribution is 6.53. The standard InChI is InChI=1S/C27H17Cl2N3O3/c28-18-11-13-20(14-12-18)32-26(34)23(29)24(27(32)35)30-19-8-3-7-17(15-19)25(33)31-22-10-4-6-16-5-1-2-9-21(16)22/h1-15,30H,(H,31,33). The molecule has 0 spiro atoms. The Morgan fingerprint density at radius 2 is 1.49 bits per heavy atom. The van der Waals surface area contributed by atoms with Crippen molar-refractivity contribution in [3.8, 4) is 0 Å². The molecule has 0 radical (unpaired) electrons. The fraction of sp³-hybridized carbons (Fsp3) is 0. The molecule has 4 aromatic carbocycles. The number of benzene rings is 4. The summed E-state index contributed by atoms with van der Waals surface area (Å²) in [5.41, 5.74) is 1.77. The van der Waals surface area contributed by atoms with Crippen molar-refractivity contribution in [3.05, 3.63) is 112 Å². The molecule has 0 aromatic heterocycles. The molecule has 35 heavy (non-hydrogen) atoms. The van der Waals surface area contributed by atoms with Gasteiger partial charge >= 0.3 is 0 Å². The molecule has 0 saturated heterocycles. The Hall–Kier alpha value is -4.13. The lowest BCUT2D eigenvalue weighted by molar-refractivity contribution is -0.120. The molecule has 0 saturated carbocycles. The fourth-order valence-electron chi connectivity index (χ4n) is 3.85. The second-order valence-corrected chi connectivity index (χ2v) is 8.61. The van der Waals surface area contributed by atoms with E-state index >= 15 is 0 Å². The Labute approximate surface area is 210 Å². The summed E-state index contributed by atoms with van der Waals surface area (Å²) in [6, 6.07) is 26.3. The van der Waals surface area contributed by atoms with E-state index < -0.39 is 11.8 Å². The zero-order valence-electron chi connectivity index (χ0n) is 18.1. The van der Waals surface area contributed by atoms with Crippen molar-refractivity contribution in [1.82, 2.24) is 0 Å². The molecule has 1 aliphatic rings. The van der Waals surface area contributed by atoms with Gasteiger partial charge in [0.15, 0.2) is 0 Å². The first kappa shape index (κ1) is 22.7. The molecule has 8 heteroatoms. The van der Waals surface area contributed by atoms with Gasteiger partial charge in [-0.2, -0.15) is 0 Å². The van der Waals surface area contributed by atoms with Gasteiger partial charge in [0.25, 0.3) is 17.7 Å². The molecule has 0 atom stereocenters. The zero-order valence-corrected chi connectivity index (χ0v) is 19.6. The van der Waals surface area contributed by atoms with E-state index in [-0.39, 0.29) is 16.6 Å². The average Bonchev–Trinajstić information content (AvgIpc) is 3.08. The number of rotatable bonds is 5. The topological polar surface area (TPSA) is 78.5 Å². The van der Waals surface area contributed by atoms with Gasteiger partial charge < -0.3 is 10.6 Å². The quantitative estimate of drug-likeness (QED) is 0.320. The molecule has 0 fully saturated rings. The van der Waals surface area contributed by atoms with Gasteiger partial charge in [-0.3, -0.25) is 14.4 Å². The van der Waals surface area contributed by atoms with E-state index in [2.05, 4.69) is 10.6 Å². The number of imide groups is 1. The van der Waals surface area contributed by atoms with Gasteiger partial charge in [0.05, 0.1) is 5.69 Å². The van der Waals surface area contributed by atoms with Crippen molar-refractivity contribution in [2.45, 2.75) is 0 Å². The van der Waals surface area contributed by atoms with Crippen LogP contribution in [0.5, 0.6) is 0 Å². The summed E-state index contributed by atoms with van der Waals surface area (Å²) in [7, 11) is 0. The summed E-state index contributed by atoms with van der Waals surface area (Å²) in [5, 5.41) is 8.00. The predicted octanol–water partition coefficient (Wildman–Crippen LogP) is 6.18. The molecule has 2 N–H and O–H groups in total. The molecule has 4 aromatic rings. The van der Waals surface area contributed by atoms with Crippen LogP contribution in [0.1, 0.15) is 10.4 Å². The van der Waals surface area contributed by atoms with Crippen LogP contribution in [0.3, 0.4) is 0 Å². The van der Waals surface area contributed by atoms with Crippen molar-refractivity contribution in [2.24, 2.45) is 0 Å². The molecule has 3 amide bonds. The van der Waals surface area contributed by atoms with Gasteiger partial charge in [-0.1, -0.05) is 65.7 Å². The van der Waals surface area contributed by atoms with Gasteiger partial charge in [0.1, 0.15) is 10.7 Å². The number of anilines is 3. The molecular formula is C27H17Cl2N3O3. The molecule has 1 heterocycles. The fourth-order valence-corrected chi connectivity index (χ4v) is 4.19. The van der Waals surface area contributed by atoms with Gasteiger partial charge in [-0.25, -0.2) is 4.90 Å². The lowest BCUT2D eigenvalue weighted by Gasteiger charge is -2.15. The molecule has 0 aliphatic carbocycles. The molecule has 1 aliphatic heterocycles. The van der Waals surface area contributed by atoms with Crippen LogP contribution in [0.15, 0.2) is 102 Å². The van der Waals surface area contributed by atoms with Crippen LogP contribution < -0.4 is 15.5 Å². The summed E-state index contributed by atoms with van der Waals surface area (Å²) in [6.07, 6.45) is 0. The first-order valence-corrected chi connectivity index (χ1v) is 11.4. The largest absolute Gasteiger partial charge is 0.350 e. The Kier molecular flexibility index (Phi) is 5.99. The summed E-state index contributed by atoms with van der Waals surface area (Å²) < 4.78 is 0. The monoisotopic (exact) mass is 501 g/mol. The Bertz CT molecular complexity index is 1530. The van der Waals surface area contributed by atoms with E-state index in [1.54, 1.807) is 48.5 Å². The average molecular weight is 502 g/mol. The zero-order chi connectivity index (χ0) is 24.5. The van der Waals surface area contributed by atoms with E-state index in [0.29, 0.717) is 27.6 Å². The van der Waals surface area contributed by atoms with Crippen LogP contribution in [0.2, 0.25) is 5.02 Å². The van der Waals surface area contributed by atoms with Crippen LogP contribution in [0.4, 0.5) is 17.1 Å². The predicted molar refractivity (Wildman–Crippen MR) is 139 cm³/mol. The van der Waals surface area contributed by atoms with Crippen molar-refractivity contribution < 1.29 is 14.4 Å². The summed E-state index contributed by atoms with van der Waals surface area (Å²) in [5.74, 6) is -1.57. The minimum atomic E-state index is -0.647. The number of halogens is 2. The van der Waals surface area contributed by atoms with Gasteiger partial charge in [-0.05, 0) is 53.9 Å². The molecule has 172 valence electrons. The summed E-state index contributed by atoms with van der Waals surface area (Å²) in [6.45, 7) is 0. The number of hydrogen-bond acceptors (Lipinski definition) is 4. The maximum Gasteiger partial charge on any atom is 0.283 e. The number of nitrogens with one attached hydrogen (secondary N) is 2. The minimum Gasteiger partial charge on any atom is -0.350 e. The maximum atomic E-state index is 13.0. The third kappa shape index (κ3) is 4.37. The highest BCUT2D eigenvalue weighted by Gasteiger charge is 2.39. The molecule has 5 rings (SSSR count). The van der Waals surface area contributed by atoms with E-state index in [1.165, 1.54) is 0 Å². The Morgan fingerprint density at radius 1 is 0.771 bits per heavy atom. The molecule has 0 unspecified atom stereocenters. The molecule has 6 nitrogen and oxygen atoms in total. The highest BCUT2D eigenvalue weighted by Crippen LogP contribution is 2.31. The number of amides is 3. The van der Waals surface area contributed by atoms with Gasteiger partial charge in [0.2, 0.25) is 0 Å². The van der Waals surface area contributed by atoms with Crippen LogP contribution in [0.25, 0.3) is 10.8 Å². The normalized spacial score (nSPS) is 13.5. The van der Waals surface area contributed by atoms with E-state index in [4.69, 9.17) is 23.2 Å².